The zero-order valence-corrected chi connectivity index (χ0v) is 18.8. The number of nitro groups is 1. The third-order valence-corrected chi connectivity index (χ3v) is 6.88. The molecule has 0 aliphatic heterocycles. The number of aryl methyl sites for hydroxylation is 1. The van der Waals surface area contributed by atoms with Crippen molar-refractivity contribution in [1.82, 2.24) is 5.32 Å². The molecule has 0 spiro atoms. The molecule has 0 bridgehead atoms. The minimum atomic E-state index is -4.02. The average Bonchev–Trinajstić information content (AvgIpc) is 2.77. The van der Waals surface area contributed by atoms with Crippen LogP contribution in [0.2, 0.25) is 0 Å². The summed E-state index contributed by atoms with van der Waals surface area (Å²) in [4.78, 5) is 23.6. The van der Waals surface area contributed by atoms with Gasteiger partial charge in [0.1, 0.15) is 0 Å². The van der Waals surface area contributed by atoms with E-state index in [0.29, 0.717) is 17.7 Å². The average molecular weight is 472 g/mol. The van der Waals surface area contributed by atoms with Crippen LogP contribution in [0.5, 0.6) is 0 Å². The topological polar surface area (TPSA) is 118 Å². The number of thioether (sulfide) groups is 1. The summed E-state index contributed by atoms with van der Waals surface area (Å²) in [6.45, 7) is 2.02. The van der Waals surface area contributed by atoms with Crippen molar-refractivity contribution in [2.24, 2.45) is 0 Å². The van der Waals surface area contributed by atoms with Gasteiger partial charge >= 0.3 is 0 Å². The molecular formula is C22H21N3O5S2. The van der Waals surface area contributed by atoms with Gasteiger partial charge in [-0.3, -0.25) is 19.6 Å². The van der Waals surface area contributed by atoms with Crippen LogP contribution in [0.4, 0.5) is 11.4 Å². The molecule has 0 heterocycles. The molecule has 0 aromatic heterocycles. The minimum Gasteiger partial charge on any atom is -0.351 e. The van der Waals surface area contributed by atoms with Crippen LogP contribution in [0, 0.1) is 17.0 Å². The summed E-state index contributed by atoms with van der Waals surface area (Å²) in [5.74, 6) is 0.457. The minimum absolute atomic E-state index is 0.215. The van der Waals surface area contributed by atoms with E-state index in [-0.39, 0.29) is 22.2 Å². The maximum atomic E-state index is 12.6. The number of hydrogen-bond donors (Lipinski definition) is 2. The number of nitro benzene ring substituents is 1. The summed E-state index contributed by atoms with van der Waals surface area (Å²) < 4.78 is 27.5. The van der Waals surface area contributed by atoms with E-state index < -0.39 is 14.9 Å². The highest BCUT2D eigenvalue weighted by Crippen LogP contribution is 2.24. The first-order valence-corrected chi connectivity index (χ1v) is 12.1. The van der Waals surface area contributed by atoms with Gasteiger partial charge in [0.25, 0.3) is 21.6 Å². The summed E-state index contributed by atoms with van der Waals surface area (Å²) in [7, 11) is -4.02. The largest absolute Gasteiger partial charge is 0.351 e. The normalized spacial score (nSPS) is 11.0. The van der Waals surface area contributed by atoms with E-state index >= 15 is 0 Å². The monoisotopic (exact) mass is 471 g/mol. The Morgan fingerprint density at radius 3 is 2.38 bits per heavy atom. The van der Waals surface area contributed by atoms with Crippen molar-refractivity contribution >= 4 is 39.1 Å². The Kier molecular flexibility index (Phi) is 7.49. The Morgan fingerprint density at radius 1 is 1.03 bits per heavy atom. The Labute approximate surface area is 190 Å². The fourth-order valence-electron chi connectivity index (χ4n) is 2.81. The highest BCUT2D eigenvalue weighted by Gasteiger charge is 2.20. The van der Waals surface area contributed by atoms with Gasteiger partial charge in [-0.05, 0) is 49.4 Å². The van der Waals surface area contributed by atoms with Crippen LogP contribution in [-0.2, 0) is 10.0 Å². The fourth-order valence-corrected chi connectivity index (χ4v) is 4.68. The van der Waals surface area contributed by atoms with Gasteiger partial charge in [0.05, 0.1) is 9.82 Å². The first kappa shape index (κ1) is 23.3. The molecule has 10 heteroatoms. The Bertz CT molecular complexity index is 1210. The first-order valence-electron chi connectivity index (χ1n) is 9.60. The highest BCUT2D eigenvalue weighted by atomic mass is 32.2. The zero-order valence-electron chi connectivity index (χ0n) is 17.1. The Morgan fingerprint density at radius 2 is 1.72 bits per heavy atom. The Balaban J connectivity index is 1.58. The predicted octanol–water partition coefficient (Wildman–Crippen LogP) is 4.23. The van der Waals surface area contributed by atoms with Crippen LogP contribution >= 0.6 is 11.8 Å². The van der Waals surface area contributed by atoms with Crippen molar-refractivity contribution < 1.29 is 18.1 Å². The fraction of sp³-hybridized carbons (Fsp3) is 0.136. The van der Waals surface area contributed by atoms with E-state index in [9.17, 15) is 23.3 Å². The van der Waals surface area contributed by atoms with Gasteiger partial charge < -0.3 is 5.32 Å². The van der Waals surface area contributed by atoms with Crippen LogP contribution in [0.3, 0.4) is 0 Å². The number of carbonyl (C=O) groups is 1. The van der Waals surface area contributed by atoms with Gasteiger partial charge in [-0.25, -0.2) is 8.42 Å². The highest BCUT2D eigenvalue weighted by molar-refractivity contribution is 7.99. The molecule has 32 heavy (non-hydrogen) atoms. The molecule has 3 aromatic carbocycles. The van der Waals surface area contributed by atoms with Gasteiger partial charge in [0.15, 0.2) is 0 Å². The zero-order chi connectivity index (χ0) is 23.1. The van der Waals surface area contributed by atoms with Crippen LogP contribution in [0.15, 0.2) is 82.6 Å². The number of nitrogens with zero attached hydrogens (tertiary/aromatic N) is 1. The van der Waals surface area contributed by atoms with Crippen molar-refractivity contribution in [2.75, 3.05) is 17.0 Å². The SMILES string of the molecule is Cc1ccc(S(=O)(=O)Nc2ccc(C(=O)NCCSc3ccccc3)cc2)cc1[N+](=O)[O-]. The molecular weight excluding hydrogens is 450 g/mol. The molecule has 0 saturated heterocycles. The smallest absolute Gasteiger partial charge is 0.273 e. The number of anilines is 1. The van der Waals surface area contributed by atoms with E-state index in [0.717, 1.165) is 16.7 Å². The molecule has 0 saturated carbocycles. The molecule has 3 aromatic rings. The maximum absolute atomic E-state index is 12.6. The van der Waals surface area contributed by atoms with Gasteiger partial charge in [-0.2, -0.15) is 0 Å². The number of hydrogen-bond acceptors (Lipinski definition) is 6. The summed E-state index contributed by atoms with van der Waals surface area (Å²) >= 11 is 1.63. The van der Waals surface area contributed by atoms with E-state index in [2.05, 4.69) is 10.0 Å². The number of amides is 1. The molecule has 0 aliphatic carbocycles. The standard InChI is InChI=1S/C22H21N3O5S2/c1-16-7-12-20(15-21(16)25(27)28)32(29,30)24-18-10-8-17(9-11-18)22(26)23-13-14-31-19-5-3-2-4-6-19/h2-12,15,24H,13-14H2,1H3,(H,23,26). The molecule has 0 atom stereocenters. The van der Waals surface area contributed by atoms with E-state index in [1.165, 1.54) is 43.3 Å². The van der Waals surface area contributed by atoms with Crippen molar-refractivity contribution in [3.05, 3.63) is 94.0 Å². The summed E-state index contributed by atoms with van der Waals surface area (Å²) in [6.07, 6.45) is 0. The van der Waals surface area contributed by atoms with Crippen molar-refractivity contribution in [1.29, 1.82) is 0 Å². The number of rotatable bonds is 9. The van der Waals surface area contributed by atoms with E-state index in [1.807, 2.05) is 30.3 Å². The summed E-state index contributed by atoms with van der Waals surface area (Å²) in [5.41, 5.74) is 0.727. The first-order chi connectivity index (χ1) is 15.3. The third-order valence-electron chi connectivity index (χ3n) is 4.49. The van der Waals surface area contributed by atoms with Crippen molar-refractivity contribution in [3.8, 4) is 0 Å². The van der Waals surface area contributed by atoms with E-state index in [4.69, 9.17) is 0 Å². The molecule has 3 rings (SSSR count). The second-order valence-electron chi connectivity index (χ2n) is 6.81. The lowest BCUT2D eigenvalue weighted by Crippen LogP contribution is -2.25. The molecule has 8 nitrogen and oxygen atoms in total. The molecule has 0 aliphatic rings. The van der Waals surface area contributed by atoms with Gasteiger partial charge in [0, 0.05) is 40.1 Å². The van der Waals surface area contributed by atoms with Crippen molar-refractivity contribution in [2.45, 2.75) is 16.7 Å². The van der Waals surface area contributed by atoms with E-state index in [1.54, 1.807) is 11.8 Å². The van der Waals surface area contributed by atoms with Gasteiger partial charge in [0.2, 0.25) is 0 Å². The lowest BCUT2D eigenvalue weighted by atomic mass is 10.2. The molecule has 166 valence electrons. The maximum Gasteiger partial charge on any atom is 0.273 e. The number of nitrogens with one attached hydrogen (secondary N) is 2. The number of carbonyl (C=O) groups excluding carboxylic acids is 1. The molecule has 0 unspecified atom stereocenters. The van der Waals surface area contributed by atoms with Crippen molar-refractivity contribution in [3.63, 3.8) is 0 Å². The van der Waals surface area contributed by atoms with Gasteiger partial charge in [-0.15, -0.1) is 11.8 Å². The van der Waals surface area contributed by atoms with Crippen LogP contribution in [-0.4, -0.2) is 31.5 Å². The molecule has 2 N–H and O–H groups in total. The summed E-state index contributed by atoms with van der Waals surface area (Å²) in [6, 6.07) is 19.5. The van der Waals surface area contributed by atoms with Crippen LogP contribution in [0.25, 0.3) is 0 Å². The third kappa shape index (κ3) is 6.08. The quantitative estimate of drug-likeness (QED) is 0.209. The number of sulfonamides is 1. The second kappa shape index (κ2) is 10.3. The predicted molar refractivity (Wildman–Crippen MR) is 125 cm³/mol. The second-order valence-corrected chi connectivity index (χ2v) is 9.66. The summed E-state index contributed by atoms with van der Waals surface area (Å²) in [5, 5.41) is 13.9. The van der Waals surface area contributed by atoms with Gasteiger partial charge in [-0.1, -0.05) is 24.3 Å². The molecule has 0 fully saturated rings. The van der Waals surface area contributed by atoms with Crippen LogP contribution < -0.4 is 10.0 Å². The molecule has 1 amide bonds. The number of benzene rings is 3. The lowest BCUT2D eigenvalue weighted by molar-refractivity contribution is -0.385. The van der Waals surface area contributed by atoms with Crippen LogP contribution in [0.1, 0.15) is 15.9 Å². The lowest BCUT2D eigenvalue weighted by Gasteiger charge is -2.10. The Hall–Kier alpha value is -3.37. The molecule has 0 radical (unpaired) electrons.